The normalized spacial score (nSPS) is 10.5. The molecule has 0 amide bonds. The van der Waals surface area contributed by atoms with E-state index in [0.717, 1.165) is 26.1 Å². The van der Waals surface area contributed by atoms with Gasteiger partial charge in [0.1, 0.15) is 0 Å². The lowest BCUT2D eigenvalue weighted by atomic mass is 10.3. The molecule has 1 rings (SSSR count). The van der Waals surface area contributed by atoms with E-state index in [2.05, 4.69) is 21.0 Å². The highest BCUT2D eigenvalue weighted by Gasteiger charge is 1.93. The molecule has 1 aromatic heterocycles. The van der Waals surface area contributed by atoms with E-state index in [1.54, 1.807) is 11.3 Å². The quantitative estimate of drug-likeness (QED) is 0.640. The van der Waals surface area contributed by atoms with Crippen molar-refractivity contribution >= 4 is 11.3 Å². The van der Waals surface area contributed by atoms with Crippen LogP contribution in [-0.4, -0.2) is 31.7 Å². The number of rotatable bonds is 7. The van der Waals surface area contributed by atoms with E-state index >= 15 is 0 Å². The molecule has 2 N–H and O–H groups in total. The zero-order valence-electron chi connectivity index (χ0n) is 8.05. The molecule has 0 aliphatic rings. The fraction of sp³-hybridized carbons (Fsp3) is 0.667. The van der Waals surface area contributed by atoms with Crippen LogP contribution in [0.2, 0.25) is 0 Å². The zero-order valence-corrected chi connectivity index (χ0v) is 8.86. The van der Waals surface area contributed by atoms with E-state index in [1.165, 1.54) is 12.1 Å². The van der Waals surface area contributed by atoms with Crippen LogP contribution in [0.1, 0.15) is 12.1 Å². The molecule has 1 heterocycles. The average Bonchev–Trinajstić information content (AvgIpc) is 2.63. The molecule has 4 heteroatoms. The third kappa shape index (κ3) is 4.98. The van der Waals surface area contributed by atoms with Gasteiger partial charge in [0.25, 0.3) is 0 Å². The summed E-state index contributed by atoms with van der Waals surface area (Å²) in [6.07, 6.45) is 2.23. The number of aromatic nitrogens is 1. The number of nitrogens with one attached hydrogen (secondary N) is 2. The molecule has 3 nitrogen and oxygen atoms in total. The van der Waals surface area contributed by atoms with Gasteiger partial charge in [-0.25, -0.2) is 4.98 Å². The average molecular weight is 199 g/mol. The molecule has 0 saturated heterocycles. The van der Waals surface area contributed by atoms with E-state index < -0.39 is 0 Å². The van der Waals surface area contributed by atoms with Gasteiger partial charge >= 0.3 is 0 Å². The summed E-state index contributed by atoms with van der Waals surface area (Å²) in [6, 6.07) is 0. The van der Waals surface area contributed by atoms with Crippen LogP contribution in [0.3, 0.4) is 0 Å². The summed E-state index contributed by atoms with van der Waals surface area (Å²) in [4.78, 5) is 4.22. The Hall–Kier alpha value is -0.450. The van der Waals surface area contributed by atoms with Crippen molar-refractivity contribution in [3.05, 3.63) is 16.6 Å². The third-order valence-corrected chi connectivity index (χ3v) is 2.46. The second-order valence-corrected chi connectivity index (χ2v) is 3.66. The maximum atomic E-state index is 4.22. The Morgan fingerprint density at radius 2 is 2.31 bits per heavy atom. The molecule has 1 aromatic rings. The first kappa shape index (κ1) is 10.6. The molecule has 0 atom stereocenters. The van der Waals surface area contributed by atoms with E-state index in [9.17, 15) is 0 Å². The van der Waals surface area contributed by atoms with E-state index in [0.29, 0.717) is 0 Å². The summed E-state index contributed by atoms with van der Waals surface area (Å²) in [6.45, 7) is 3.21. The Labute approximate surface area is 83.6 Å². The molecule has 0 fully saturated rings. The number of hydrogen-bond acceptors (Lipinski definition) is 4. The van der Waals surface area contributed by atoms with Gasteiger partial charge in [0.15, 0.2) is 0 Å². The standard InChI is InChI=1S/C9H17N3S/c1-10-4-2-5-11-6-3-9-7-13-8-12-9/h7-8,10-11H,2-6H2,1H3. The number of nitrogens with zero attached hydrogens (tertiary/aromatic N) is 1. The van der Waals surface area contributed by atoms with Crippen molar-refractivity contribution < 1.29 is 0 Å². The number of thiazole rings is 1. The molecule has 13 heavy (non-hydrogen) atoms. The summed E-state index contributed by atoms with van der Waals surface area (Å²) in [5.41, 5.74) is 3.09. The van der Waals surface area contributed by atoms with Crippen LogP contribution in [-0.2, 0) is 6.42 Å². The summed E-state index contributed by atoms with van der Waals surface area (Å²) < 4.78 is 0. The van der Waals surface area contributed by atoms with Gasteiger partial charge in [0.05, 0.1) is 11.2 Å². The first-order valence-electron chi connectivity index (χ1n) is 4.66. The van der Waals surface area contributed by atoms with E-state index in [4.69, 9.17) is 0 Å². The Bertz CT molecular complexity index is 199. The first-order valence-corrected chi connectivity index (χ1v) is 5.60. The molecule has 0 aliphatic heterocycles. The minimum atomic E-state index is 1.04. The molecule has 0 unspecified atom stereocenters. The lowest BCUT2D eigenvalue weighted by molar-refractivity contribution is 0.622. The van der Waals surface area contributed by atoms with Gasteiger partial charge < -0.3 is 10.6 Å². The highest BCUT2D eigenvalue weighted by atomic mass is 32.1. The maximum Gasteiger partial charge on any atom is 0.0794 e. The van der Waals surface area contributed by atoms with Crippen molar-refractivity contribution in [1.82, 2.24) is 15.6 Å². The monoisotopic (exact) mass is 199 g/mol. The van der Waals surface area contributed by atoms with Crippen LogP contribution in [0.15, 0.2) is 10.9 Å². The fourth-order valence-electron chi connectivity index (χ4n) is 1.09. The summed E-state index contributed by atoms with van der Waals surface area (Å²) in [5, 5.41) is 8.61. The fourth-order valence-corrected chi connectivity index (χ4v) is 1.69. The van der Waals surface area contributed by atoms with Gasteiger partial charge in [-0.3, -0.25) is 0 Å². The predicted octanol–water partition coefficient (Wildman–Crippen LogP) is 0.885. The summed E-state index contributed by atoms with van der Waals surface area (Å²) in [7, 11) is 1.98. The van der Waals surface area contributed by atoms with Gasteiger partial charge in [-0.05, 0) is 26.6 Å². The van der Waals surface area contributed by atoms with Crippen LogP contribution < -0.4 is 10.6 Å². The molecular formula is C9H17N3S. The van der Waals surface area contributed by atoms with Gasteiger partial charge in [-0.1, -0.05) is 0 Å². The first-order chi connectivity index (χ1) is 6.43. The second kappa shape index (κ2) is 7.00. The minimum absolute atomic E-state index is 1.04. The van der Waals surface area contributed by atoms with Crippen molar-refractivity contribution in [3.63, 3.8) is 0 Å². The van der Waals surface area contributed by atoms with Crippen molar-refractivity contribution in [2.75, 3.05) is 26.7 Å². The molecule has 0 spiro atoms. The van der Waals surface area contributed by atoms with Crippen LogP contribution in [0.25, 0.3) is 0 Å². The smallest absolute Gasteiger partial charge is 0.0794 e. The Balaban J connectivity index is 1.90. The van der Waals surface area contributed by atoms with Crippen LogP contribution in [0.5, 0.6) is 0 Å². The molecule has 74 valence electrons. The predicted molar refractivity (Wildman–Crippen MR) is 57.2 cm³/mol. The maximum absolute atomic E-state index is 4.22. The van der Waals surface area contributed by atoms with Crippen molar-refractivity contribution in [2.45, 2.75) is 12.8 Å². The van der Waals surface area contributed by atoms with Gasteiger partial charge in [0.2, 0.25) is 0 Å². The highest BCUT2D eigenvalue weighted by Crippen LogP contribution is 2.00. The van der Waals surface area contributed by atoms with Crippen molar-refractivity contribution in [1.29, 1.82) is 0 Å². The molecular weight excluding hydrogens is 182 g/mol. The lowest BCUT2D eigenvalue weighted by Crippen LogP contribution is -2.21. The number of hydrogen-bond donors (Lipinski definition) is 2. The summed E-state index contributed by atoms with van der Waals surface area (Å²) in [5.74, 6) is 0. The highest BCUT2D eigenvalue weighted by molar-refractivity contribution is 7.07. The molecule has 0 aliphatic carbocycles. The SMILES string of the molecule is CNCCCNCCc1cscn1. The van der Waals surface area contributed by atoms with Gasteiger partial charge in [-0.2, -0.15) is 0 Å². The van der Waals surface area contributed by atoms with E-state index in [-0.39, 0.29) is 0 Å². The molecule has 0 radical (unpaired) electrons. The topological polar surface area (TPSA) is 37.0 Å². The molecule has 0 saturated carbocycles. The Morgan fingerprint density at radius 1 is 1.38 bits per heavy atom. The van der Waals surface area contributed by atoms with E-state index in [1.807, 2.05) is 12.6 Å². The molecule has 0 bridgehead atoms. The zero-order chi connectivity index (χ0) is 9.36. The second-order valence-electron chi connectivity index (χ2n) is 2.94. The minimum Gasteiger partial charge on any atom is -0.320 e. The van der Waals surface area contributed by atoms with Crippen molar-refractivity contribution in [2.24, 2.45) is 0 Å². The Morgan fingerprint density at radius 3 is 3.00 bits per heavy atom. The van der Waals surface area contributed by atoms with Gasteiger partial charge in [0, 0.05) is 18.3 Å². The molecule has 0 aromatic carbocycles. The largest absolute Gasteiger partial charge is 0.320 e. The lowest BCUT2D eigenvalue weighted by Gasteiger charge is -2.02. The summed E-state index contributed by atoms with van der Waals surface area (Å²) >= 11 is 1.66. The third-order valence-electron chi connectivity index (χ3n) is 1.82. The van der Waals surface area contributed by atoms with Crippen LogP contribution in [0, 0.1) is 0 Å². The van der Waals surface area contributed by atoms with Crippen LogP contribution >= 0.6 is 11.3 Å². The Kier molecular flexibility index (Phi) is 5.73. The van der Waals surface area contributed by atoms with Gasteiger partial charge in [-0.15, -0.1) is 11.3 Å². The van der Waals surface area contributed by atoms with Crippen molar-refractivity contribution in [3.8, 4) is 0 Å². The van der Waals surface area contributed by atoms with Crippen LogP contribution in [0.4, 0.5) is 0 Å².